The van der Waals surface area contributed by atoms with Gasteiger partial charge in [0, 0.05) is 10.6 Å². The third-order valence-corrected chi connectivity index (χ3v) is 4.82. The van der Waals surface area contributed by atoms with E-state index in [1.165, 1.54) is 48.8 Å². The van der Waals surface area contributed by atoms with E-state index >= 15 is 0 Å². The first-order chi connectivity index (χ1) is 8.19. The molecule has 0 radical (unpaired) electrons. The molecule has 0 aliphatic heterocycles. The van der Waals surface area contributed by atoms with Gasteiger partial charge in [-0.15, -0.1) is 0 Å². The van der Waals surface area contributed by atoms with E-state index in [4.69, 9.17) is 17.3 Å². The molecule has 0 atom stereocenters. The Bertz CT molecular complexity index is 433. The molecule has 92 valence electrons. The lowest BCUT2D eigenvalue weighted by molar-refractivity contribution is 0.302. The van der Waals surface area contributed by atoms with Gasteiger partial charge < -0.3 is 5.73 Å². The SMILES string of the molecule is NC1(c2cc(Cl)c3c(c2)CCC3)CCCCC1. The average Bonchev–Trinajstić information content (AvgIpc) is 2.78. The first-order valence-corrected chi connectivity index (χ1v) is 7.17. The number of rotatable bonds is 1. The Morgan fingerprint density at radius 2 is 1.76 bits per heavy atom. The normalized spacial score (nSPS) is 22.5. The van der Waals surface area contributed by atoms with Crippen molar-refractivity contribution < 1.29 is 0 Å². The Morgan fingerprint density at radius 1 is 1.00 bits per heavy atom. The van der Waals surface area contributed by atoms with Gasteiger partial charge in [0.1, 0.15) is 0 Å². The minimum Gasteiger partial charge on any atom is -0.321 e. The summed E-state index contributed by atoms with van der Waals surface area (Å²) >= 11 is 6.40. The average molecular weight is 250 g/mol. The highest BCUT2D eigenvalue weighted by atomic mass is 35.5. The van der Waals surface area contributed by atoms with Gasteiger partial charge in [-0.25, -0.2) is 0 Å². The second-order valence-corrected chi connectivity index (χ2v) is 6.07. The van der Waals surface area contributed by atoms with E-state index in [0.717, 1.165) is 24.3 Å². The molecule has 2 heteroatoms. The van der Waals surface area contributed by atoms with Gasteiger partial charge in [0.15, 0.2) is 0 Å². The molecule has 0 unspecified atom stereocenters. The lowest BCUT2D eigenvalue weighted by Gasteiger charge is -2.34. The second-order valence-electron chi connectivity index (χ2n) is 5.67. The number of nitrogens with two attached hydrogens (primary N) is 1. The van der Waals surface area contributed by atoms with Gasteiger partial charge in [0.25, 0.3) is 0 Å². The molecule has 3 rings (SSSR count). The first-order valence-electron chi connectivity index (χ1n) is 6.80. The van der Waals surface area contributed by atoms with Crippen LogP contribution < -0.4 is 5.73 Å². The van der Waals surface area contributed by atoms with Crippen LogP contribution in [-0.2, 0) is 18.4 Å². The van der Waals surface area contributed by atoms with E-state index in [1.54, 1.807) is 0 Å². The zero-order valence-electron chi connectivity index (χ0n) is 10.3. The summed E-state index contributed by atoms with van der Waals surface area (Å²) in [5.74, 6) is 0. The molecular formula is C15H20ClN. The number of aryl methyl sites for hydroxylation is 1. The van der Waals surface area contributed by atoms with Crippen LogP contribution in [0.5, 0.6) is 0 Å². The van der Waals surface area contributed by atoms with Crippen LogP contribution in [0, 0.1) is 0 Å². The third-order valence-electron chi connectivity index (χ3n) is 4.48. The van der Waals surface area contributed by atoms with Crippen molar-refractivity contribution in [2.45, 2.75) is 56.9 Å². The highest BCUT2D eigenvalue weighted by molar-refractivity contribution is 6.31. The largest absolute Gasteiger partial charge is 0.321 e. The van der Waals surface area contributed by atoms with Gasteiger partial charge >= 0.3 is 0 Å². The van der Waals surface area contributed by atoms with Crippen LogP contribution >= 0.6 is 11.6 Å². The van der Waals surface area contributed by atoms with Crippen LogP contribution in [0.2, 0.25) is 5.02 Å². The van der Waals surface area contributed by atoms with Crippen LogP contribution in [0.25, 0.3) is 0 Å². The Kier molecular flexibility index (Phi) is 2.92. The van der Waals surface area contributed by atoms with E-state index in [2.05, 4.69) is 12.1 Å². The Labute approximate surface area is 108 Å². The number of benzene rings is 1. The van der Waals surface area contributed by atoms with Gasteiger partial charge in [-0.1, -0.05) is 36.9 Å². The maximum Gasteiger partial charge on any atom is 0.0444 e. The summed E-state index contributed by atoms with van der Waals surface area (Å²) in [4.78, 5) is 0. The van der Waals surface area contributed by atoms with Crippen LogP contribution in [-0.4, -0.2) is 0 Å². The molecule has 2 aliphatic rings. The zero-order valence-corrected chi connectivity index (χ0v) is 11.0. The van der Waals surface area contributed by atoms with E-state index in [1.807, 2.05) is 0 Å². The Morgan fingerprint density at radius 3 is 2.53 bits per heavy atom. The summed E-state index contributed by atoms with van der Waals surface area (Å²) in [6.07, 6.45) is 9.64. The molecule has 1 fully saturated rings. The van der Waals surface area contributed by atoms with E-state index in [9.17, 15) is 0 Å². The maximum absolute atomic E-state index is 6.58. The standard InChI is InChI=1S/C15H20ClN/c16-14-10-12(9-11-5-4-6-13(11)14)15(17)7-2-1-3-8-15/h9-10H,1-8,17H2. The lowest BCUT2D eigenvalue weighted by atomic mass is 9.77. The van der Waals surface area contributed by atoms with Crippen molar-refractivity contribution in [1.82, 2.24) is 0 Å². The third kappa shape index (κ3) is 2.00. The lowest BCUT2D eigenvalue weighted by Crippen LogP contribution is -2.38. The monoisotopic (exact) mass is 249 g/mol. The molecule has 1 nitrogen and oxygen atoms in total. The molecule has 17 heavy (non-hydrogen) atoms. The molecule has 1 aromatic rings. The van der Waals surface area contributed by atoms with E-state index in [-0.39, 0.29) is 5.54 Å². The molecule has 1 saturated carbocycles. The quantitative estimate of drug-likeness (QED) is 0.802. The zero-order chi connectivity index (χ0) is 11.9. The summed E-state index contributed by atoms with van der Waals surface area (Å²) in [7, 11) is 0. The molecule has 0 amide bonds. The maximum atomic E-state index is 6.58. The summed E-state index contributed by atoms with van der Waals surface area (Å²) < 4.78 is 0. The molecule has 0 heterocycles. The van der Waals surface area contributed by atoms with Crippen molar-refractivity contribution in [3.8, 4) is 0 Å². The number of fused-ring (bicyclic) bond motifs is 1. The summed E-state index contributed by atoms with van der Waals surface area (Å²) in [6.45, 7) is 0. The van der Waals surface area contributed by atoms with Gasteiger partial charge in [-0.05, 0) is 54.9 Å². The van der Waals surface area contributed by atoms with E-state index in [0.29, 0.717) is 0 Å². The molecular weight excluding hydrogens is 230 g/mol. The van der Waals surface area contributed by atoms with Gasteiger partial charge in [-0.3, -0.25) is 0 Å². The molecule has 2 aliphatic carbocycles. The van der Waals surface area contributed by atoms with Crippen molar-refractivity contribution in [1.29, 1.82) is 0 Å². The predicted molar refractivity (Wildman–Crippen MR) is 72.4 cm³/mol. The number of hydrogen-bond acceptors (Lipinski definition) is 1. The smallest absolute Gasteiger partial charge is 0.0444 e. The van der Waals surface area contributed by atoms with Crippen molar-refractivity contribution in [2.24, 2.45) is 5.73 Å². The summed E-state index contributed by atoms with van der Waals surface area (Å²) in [5, 5.41) is 0.949. The number of halogens is 1. The minimum atomic E-state index is -0.112. The fourth-order valence-electron chi connectivity index (χ4n) is 3.41. The highest BCUT2D eigenvalue weighted by Crippen LogP contribution is 2.39. The van der Waals surface area contributed by atoms with Crippen LogP contribution in [0.1, 0.15) is 55.2 Å². The summed E-state index contributed by atoms with van der Waals surface area (Å²) in [6, 6.07) is 4.47. The molecule has 0 saturated heterocycles. The molecule has 0 aromatic heterocycles. The van der Waals surface area contributed by atoms with Crippen molar-refractivity contribution in [3.63, 3.8) is 0 Å². The van der Waals surface area contributed by atoms with Gasteiger partial charge in [-0.2, -0.15) is 0 Å². The van der Waals surface area contributed by atoms with Crippen LogP contribution in [0.4, 0.5) is 0 Å². The summed E-state index contributed by atoms with van der Waals surface area (Å²) in [5.41, 5.74) is 10.6. The molecule has 0 spiro atoms. The fourth-order valence-corrected chi connectivity index (χ4v) is 3.74. The van der Waals surface area contributed by atoms with E-state index < -0.39 is 0 Å². The number of hydrogen-bond donors (Lipinski definition) is 1. The second kappa shape index (κ2) is 4.29. The topological polar surface area (TPSA) is 26.0 Å². The van der Waals surface area contributed by atoms with Crippen LogP contribution in [0.15, 0.2) is 12.1 Å². The minimum absolute atomic E-state index is 0.112. The molecule has 0 bridgehead atoms. The Balaban J connectivity index is 2.00. The van der Waals surface area contributed by atoms with Crippen molar-refractivity contribution in [2.75, 3.05) is 0 Å². The first kappa shape index (κ1) is 11.6. The van der Waals surface area contributed by atoms with Crippen molar-refractivity contribution >= 4 is 11.6 Å². The van der Waals surface area contributed by atoms with Gasteiger partial charge in [0.2, 0.25) is 0 Å². The van der Waals surface area contributed by atoms with Crippen LogP contribution in [0.3, 0.4) is 0 Å². The molecule has 1 aromatic carbocycles. The molecule has 2 N–H and O–H groups in total. The Hall–Kier alpha value is -0.530. The fraction of sp³-hybridized carbons (Fsp3) is 0.600. The van der Waals surface area contributed by atoms with Gasteiger partial charge in [0.05, 0.1) is 0 Å². The predicted octanol–water partition coefficient (Wildman–Crippen LogP) is 3.95. The van der Waals surface area contributed by atoms with Crippen molar-refractivity contribution in [3.05, 3.63) is 33.8 Å². The highest BCUT2D eigenvalue weighted by Gasteiger charge is 2.31.